The van der Waals surface area contributed by atoms with Crippen LogP contribution in [0.25, 0.3) is 11.8 Å². The molecule has 1 aliphatic rings. The lowest BCUT2D eigenvalue weighted by Gasteiger charge is -2.21. The van der Waals surface area contributed by atoms with E-state index in [4.69, 9.17) is 5.73 Å². The fraction of sp³-hybridized carbons (Fsp3) is 0.0870. The molecule has 6 heteroatoms. The zero-order valence-corrected chi connectivity index (χ0v) is 15.6. The summed E-state index contributed by atoms with van der Waals surface area (Å²) < 4.78 is 1.98. The van der Waals surface area contributed by atoms with Gasteiger partial charge in [0.05, 0.1) is 23.0 Å². The van der Waals surface area contributed by atoms with E-state index >= 15 is 0 Å². The lowest BCUT2D eigenvalue weighted by Crippen LogP contribution is -2.40. The summed E-state index contributed by atoms with van der Waals surface area (Å²) in [5.41, 5.74) is 9.57. The number of para-hydroxylation sites is 2. The van der Waals surface area contributed by atoms with Crippen LogP contribution in [-0.2, 0) is 0 Å². The Morgan fingerprint density at radius 1 is 0.931 bits per heavy atom. The number of hydrogen-bond donors (Lipinski definition) is 1. The van der Waals surface area contributed by atoms with E-state index in [9.17, 15) is 10.5 Å². The summed E-state index contributed by atoms with van der Waals surface area (Å²) in [5.74, 6) is -0.707. The Morgan fingerprint density at radius 2 is 1.59 bits per heavy atom. The van der Waals surface area contributed by atoms with Crippen LogP contribution in [0.15, 0.2) is 89.7 Å². The number of nitrogens with two attached hydrogens (primary N) is 1. The molecule has 0 saturated heterocycles. The molecule has 0 fully saturated rings. The number of rotatable bonds is 4. The maximum Gasteiger partial charge on any atom is 0.127 e. The number of benzene rings is 2. The molecule has 2 atom stereocenters. The first-order valence-electron chi connectivity index (χ1n) is 9.16. The molecule has 29 heavy (non-hydrogen) atoms. The predicted octanol–water partition coefficient (Wildman–Crippen LogP) is 3.69. The van der Waals surface area contributed by atoms with Gasteiger partial charge >= 0.3 is 0 Å². The number of hydrazone groups is 1. The first-order chi connectivity index (χ1) is 14.2. The lowest BCUT2D eigenvalue weighted by molar-refractivity contribution is 0.624. The van der Waals surface area contributed by atoms with Gasteiger partial charge in [-0.2, -0.15) is 15.6 Å². The third-order valence-electron chi connectivity index (χ3n) is 4.80. The summed E-state index contributed by atoms with van der Waals surface area (Å²) in [6, 6.07) is 27.5. The molecular formula is C23H18N6. The van der Waals surface area contributed by atoms with E-state index in [1.807, 2.05) is 83.6 Å². The van der Waals surface area contributed by atoms with Crippen molar-refractivity contribution < 1.29 is 0 Å². The van der Waals surface area contributed by atoms with Gasteiger partial charge < -0.3 is 10.3 Å². The van der Waals surface area contributed by atoms with E-state index in [0.29, 0.717) is 11.3 Å². The number of anilines is 1. The van der Waals surface area contributed by atoms with Crippen molar-refractivity contribution in [1.29, 1.82) is 10.5 Å². The summed E-state index contributed by atoms with van der Waals surface area (Å²) in [5, 5.41) is 25.7. The average Bonchev–Trinajstić information content (AvgIpc) is 3.37. The molecular weight excluding hydrogens is 360 g/mol. The van der Waals surface area contributed by atoms with Gasteiger partial charge in [-0.25, -0.2) is 5.01 Å². The van der Waals surface area contributed by atoms with Crippen LogP contribution < -0.4 is 10.7 Å². The van der Waals surface area contributed by atoms with Crippen LogP contribution in [0.3, 0.4) is 0 Å². The van der Waals surface area contributed by atoms with E-state index < -0.39 is 12.1 Å². The van der Waals surface area contributed by atoms with E-state index in [0.717, 1.165) is 17.1 Å². The highest BCUT2D eigenvalue weighted by atomic mass is 15.5. The van der Waals surface area contributed by atoms with Crippen LogP contribution in [0.2, 0.25) is 0 Å². The normalized spacial score (nSPS) is 18.8. The van der Waals surface area contributed by atoms with E-state index in [1.165, 1.54) is 0 Å². The molecule has 2 N–H and O–H groups in total. The second kappa shape index (κ2) is 7.85. The number of hydrogen-bond acceptors (Lipinski definition) is 5. The number of allylic oxidation sites excluding steroid dienone is 1. The van der Waals surface area contributed by atoms with Crippen molar-refractivity contribution in [3.63, 3.8) is 0 Å². The lowest BCUT2D eigenvalue weighted by atomic mass is 9.96. The minimum absolute atomic E-state index is 0.321. The van der Waals surface area contributed by atoms with E-state index in [1.54, 1.807) is 11.1 Å². The highest BCUT2D eigenvalue weighted by molar-refractivity contribution is 6.11. The Labute approximate surface area is 169 Å². The minimum atomic E-state index is -0.707. The van der Waals surface area contributed by atoms with Crippen molar-refractivity contribution in [3.8, 4) is 17.8 Å². The zero-order chi connectivity index (χ0) is 20.2. The van der Waals surface area contributed by atoms with Gasteiger partial charge in [-0.05, 0) is 42.5 Å². The molecule has 0 saturated carbocycles. The van der Waals surface area contributed by atoms with Crippen molar-refractivity contribution in [2.75, 3.05) is 5.01 Å². The largest absolute Gasteiger partial charge is 0.317 e. The maximum atomic E-state index is 9.83. The highest BCUT2D eigenvalue weighted by Crippen LogP contribution is 2.29. The Bertz CT molecular complexity index is 1150. The Kier molecular flexibility index (Phi) is 4.94. The summed E-state index contributed by atoms with van der Waals surface area (Å²) in [4.78, 5) is 0. The molecule has 0 amide bonds. The van der Waals surface area contributed by atoms with Crippen LogP contribution in [-0.4, -0.2) is 16.4 Å². The van der Waals surface area contributed by atoms with Crippen LogP contribution >= 0.6 is 0 Å². The third-order valence-corrected chi connectivity index (χ3v) is 4.80. The van der Waals surface area contributed by atoms with Crippen LogP contribution in [0.1, 0.15) is 5.69 Å². The molecule has 0 aliphatic carbocycles. The molecule has 4 rings (SSSR count). The third kappa shape index (κ3) is 3.41. The van der Waals surface area contributed by atoms with E-state index in [2.05, 4.69) is 17.2 Å². The quantitative estimate of drug-likeness (QED) is 0.701. The van der Waals surface area contributed by atoms with Gasteiger partial charge in [0.1, 0.15) is 18.2 Å². The van der Waals surface area contributed by atoms with Crippen molar-refractivity contribution in [2.24, 2.45) is 16.8 Å². The summed E-state index contributed by atoms with van der Waals surface area (Å²) >= 11 is 0. The van der Waals surface area contributed by atoms with Crippen LogP contribution in [0.5, 0.6) is 0 Å². The van der Waals surface area contributed by atoms with Crippen molar-refractivity contribution >= 4 is 17.5 Å². The first kappa shape index (κ1) is 18.2. The van der Waals surface area contributed by atoms with Crippen molar-refractivity contribution in [1.82, 2.24) is 4.57 Å². The molecule has 0 bridgehead atoms. The number of nitrogens with zero attached hydrogens (tertiary/aromatic N) is 5. The molecule has 0 spiro atoms. The molecule has 2 aromatic carbocycles. The number of aromatic nitrogens is 1. The van der Waals surface area contributed by atoms with Gasteiger partial charge in [0.25, 0.3) is 0 Å². The fourth-order valence-corrected chi connectivity index (χ4v) is 3.36. The topological polar surface area (TPSA) is 94.1 Å². The smallest absolute Gasteiger partial charge is 0.127 e. The van der Waals surface area contributed by atoms with Gasteiger partial charge in [0.2, 0.25) is 0 Å². The van der Waals surface area contributed by atoms with Crippen molar-refractivity contribution in [2.45, 2.75) is 6.17 Å². The summed E-state index contributed by atoms with van der Waals surface area (Å²) in [7, 11) is 0. The van der Waals surface area contributed by atoms with Gasteiger partial charge in [0, 0.05) is 17.6 Å². The summed E-state index contributed by atoms with van der Waals surface area (Å²) in [6.45, 7) is 0. The SMILES string of the molecule is N#C/C(=C/c1cccn1-c1ccccc1)C1=NN(c2ccccc2)[C@@H](N)[C@H]1C#N. The molecule has 1 aromatic heterocycles. The fourth-order valence-electron chi connectivity index (χ4n) is 3.36. The second-order valence-corrected chi connectivity index (χ2v) is 6.57. The molecule has 2 heterocycles. The monoisotopic (exact) mass is 378 g/mol. The van der Waals surface area contributed by atoms with Gasteiger partial charge in [-0.1, -0.05) is 36.4 Å². The van der Waals surface area contributed by atoms with Gasteiger partial charge in [0.15, 0.2) is 0 Å². The maximum absolute atomic E-state index is 9.83. The molecule has 140 valence electrons. The molecule has 1 aliphatic heterocycles. The standard InChI is InChI=1S/C23H18N6/c24-15-17(14-20-12-7-13-28(20)18-8-3-1-4-9-18)22-21(16-25)23(26)29(27-22)19-10-5-2-6-11-19/h1-14,21,23H,26H2/b17-14-/t21-,23+/m0/s1. The molecule has 3 aromatic rings. The summed E-state index contributed by atoms with van der Waals surface area (Å²) in [6.07, 6.45) is 3.02. The Balaban J connectivity index is 1.76. The van der Waals surface area contributed by atoms with Gasteiger partial charge in [-0.15, -0.1) is 0 Å². The Morgan fingerprint density at radius 3 is 2.21 bits per heavy atom. The molecule has 0 unspecified atom stereocenters. The van der Waals surface area contributed by atoms with Crippen molar-refractivity contribution in [3.05, 3.63) is 90.3 Å². The second-order valence-electron chi connectivity index (χ2n) is 6.57. The van der Waals surface area contributed by atoms with E-state index in [-0.39, 0.29) is 0 Å². The molecule has 0 radical (unpaired) electrons. The zero-order valence-electron chi connectivity index (χ0n) is 15.6. The predicted molar refractivity (Wildman–Crippen MR) is 113 cm³/mol. The van der Waals surface area contributed by atoms with Crippen LogP contribution in [0, 0.1) is 28.6 Å². The van der Waals surface area contributed by atoms with Crippen LogP contribution in [0.4, 0.5) is 5.69 Å². The average molecular weight is 378 g/mol. The van der Waals surface area contributed by atoms with Gasteiger partial charge in [-0.3, -0.25) is 0 Å². The highest BCUT2D eigenvalue weighted by Gasteiger charge is 2.37. The molecule has 6 nitrogen and oxygen atoms in total. The number of nitriles is 2. The first-order valence-corrected chi connectivity index (χ1v) is 9.16. The Hall–Kier alpha value is -4.13. The minimum Gasteiger partial charge on any atom is -0.317 e.